The molecule has 0 bridgehead atoms. The summed E-state index contributed by atoms with van der Waals surface area (Å²) in [6.07, 6.45) is 0. The maximum Gasteiger partial charge on any atom is 0.159 e. The zero-order chi connectivity index (χ0) is 50.3. The molecule has 0 spiro atoms. The minimum atomic E-state index is 0.384. The number of fused-ring (bicyclic) bond motifs is 11. The third-order valence-electron chi connectivity index (χ3n) is 15.2. The molecule has 14 rings (SSSR count). The maximum absolute atomic E-state index is 7.19. The molecule has 0 aliphatic heterocycles. The monoisotopic (exact) mass is 968 g/mol. The van der Waals surface area contributed by atoms with E-state index in [1.807, 2.05) is 0 Å². The van der Waals surface area contributed by atoms with Crippen molar-refractivity contribution in [1.82, 2.24) is 0 Å². The summed E-state index contributed by atoms with van der Waals surface area (Å²) in [5, 5.41) is 8.59. The molecule has 75 heavy (non-hydrogen) atoms. The van der Waals surface area contributed by atoms with Crippen molar-refractivity contribution in [3.05, 3.63) is 242 Å². The highest BCUT2D eigenvalue weighted by Gasteiger charge is 2.26. The number of rotatable bonds is 10. The second kappa shape index (κ2) is 17.7. The zero-order valence-corrected chi connectivity index (χ0v) is 42.2. The van der Waals surface area contributed by atoms with E-state index >= 15 is 0 Å². The Kier molecular flexibility index (Phi) is 10.5. The fourth-order valence-corrected chi connectivity index (χ4v) is 11.4. The van der Waals surface area contributed by atoms with Crippen LogP contribution in [0.15, 0.2) is 244 Å². The summed E-state index contributed by atoms with van der Waals surface area (Å²) in [7, 11) is 0. The molecular weight excluding hydrogens is 917 g/mol. The summed E-state index contributed by atoms with van der Waals surface area (Å²) in [5.41, 5.74) is 17.8. The van der Waals surface area contributed by atoms with E-state index in [9.17, 15) is 0 Å². The van der Waals surface area contributed by atoms with Gasteiger partial charge in [-0.2, -0.15) is 0 Å². The topological polar surface area (TPSA) is 45.9 Å². The lowest BCUT2D eigenvalue weighted by atomic mass is 9.99. The Labute approximate surface area is 435 Å². The predicted molar refractivity (Wildman–Crippen MR) is 314 cm³/mol. The van der Waals surface area contributed by atoms with E-state index in [0.29, 0.717) is 11.8 Å². The molecule has 0 N–H and O–H groups in total. The van der Waals surface area contributed by atoms with E-state index in [-0.39, 0.29) is 0 Å². The number of furan rings is 3. The van der Waals surface area contributed by atoms with Gasteiger partial charge in [0.15, 0.2) is 11.2 Å². The van der Waals surface area contributed by atoms with Crippen LogP contribution >= 0.6 is 0 Å². The maximum atomic E-state index is 7.19. The molecule has 14 aromatic rings. The largest absolute Gasteiger partial charge is 0.456 e. The van der Waals surface area contributed by atoms with Crippen molar-refractivity contribution in [3.8, 4) is 22.3 Å². The van der Waals surface area contributed by atoms with E-state index in [0.717, 1.165) is 133 Å². The van der Waals surface area contributed by atoms with Gasteiger partial charge in [-0.25, -0.2) is 0 Å². The van der Waals surface area contributed by atoms with E-state index < -0.39 is 0 Å². The van der Waals surface area contributed by atoms with Crippen LogP contribution in [0.4, 0.5) is 34.1 Å². The summed E-state index contributed by atoms with van der Waals surface area (Å²) in [4.78, 5) is 4.67. The average Bonchev–Trinajstić information content (AvgIpc) is 4.16. The Bertz CT molecular complexity index is 4470. The lowest BCUT2D eigenvalue weighted by Crippen LogP contribution is -2.11. The van der Waals surface area contributed by atoms with Crippen molar-refractivity contribution in [2.75, 3.05) is 9.80 Å². The summed E-state index contributed by atoms with van der Waals surface area (Å²) < 4.78 is 21.4. The van der Waals surface area contributed by atoms with Crippen molar-refractivity contribution >= 4 is 111 Å². The first-order valence-corrected chi connectivity index (χ1v) is 26.0. The van der Waals surface area contributed by atoms with Gasteiger partial charge in [-0.05, 0) is 88.0 Å². The summed E-state index contributed by atoms with van der Waals surface area (Å²) in [5.74, 6) is 0.776. The van der Waals surface area contributed by atoms with Gasteiger partial charge >= 0.3 is 0 Å². The van der Waals surface area contributed by atoms with Crippen LogP contribution in [0.25, 0.3) is 98.8 Å². The highest BCUT2D eigenvalue weighted by molar-refractivity contribution is 6.24. The molecule has 360 valence electrons. The van der Waals surface area contributed by atoms with E-state index in [2.05, 4.69) is 268 Å². The average molecular weight is 969 g/mol. The van der Waals surface area contributed by atoms with Crippen LogP contribution in [0.5, 0.6) is 0 Å². The summed E-state index contributed by atoms with van der Waals surface area (Å²) >= 11 is 0. The summed E-state index contributed by atoms with van der Waals surface area (Å²) in [6.45, 7) is 8.95. The van der Waals surface area contributed by atoms with Crippen molar-refractivity contribution in [1.29, 1.82) is 0 Å². The predicted octanol–water partition coefficient (Wildman–Crippen LogP) is 21.1. The van der Waals surface area contributed by atoms with E-state index in [1.54, 1.807) is 0 Å². The molecule has 3 aromatic heterocycles. The Morgan fingerprint density at radius 3 is 1.27 bits per heavy atom. The fraction of sp³-hybridized carbons (Fsp3) is 0.0857. The van der Waals surface area contributed by atoms with Gasteiger partial charge < -0.3 is 23.1 Å². The molecule has 0 saturated heterocycles. The van der Waals surface area contributed by atoms with Crippen molar-refractivity contribution in [3.63, 3.8) is 0 Å². The second-order valence-electron chi connectivity index (χ2n) is 20.4. The van der Waals surface area contributed by atoms with Gasteiger partial charge in [-0.3, -0.25) is 0 Å². The number of hydrogen-bond acceptors (Lipinski definition) is 5. The summed E-state index contributed by atoms with van der Waals surface area (Å²) in [6, 6.07) is 82.4. The van der Waals surface area contributed by atoms with Crippen LogP contribution in [0, 0.1) is 0 Å². The molecule has 0 fully saturated rings. The quantitative estimate of drug-likeness (QED) is 0.137. The number of benzene rings is 11. The van der Waals surface area contributed by atoms with Crippen molar-refractivity contribution in [2.45, 2.75) is 39.5 Å². The smallest absolute Gasteiger partial charge is 0.159 e. The second-order valence-corrected chi connectivity index (χ2v) is 20.4. The van der Waals surface area contributed by atoms with E-state index in [4.69, 9.17) is 13.3 Å². The van der Waals surface area contributed by atoms with Crippen LogP contribution in [-0.4, -0.2) is 0 Å². The van der Waals surface area contributed by atoms with Gasteiger partial charge in [0, 0.05) is 72.3 Å². The first-order chi connectivity index (χ1) is 36.9. The molecule has 3 heterocycles. The zero-order valence-electron chi connectivity index (χ0n) is 42.2. The number of para-hydroxylation sites is 4. The molecule has 11 aromatic carbocycles. The van der Waals surface area contributed by atoms with Crippen LogP contribution in [0.1, 0.15) is 50.7 Å². The molecule has 0 amide bonds. The standard InChI is InChI=1S/C70H52N2O3/c1-43(2)45-31-35-49(36-32-45)71(61-29-15-27-58-56-25-13-23-52(67(56)74-69(58)61)47-17-7-5-8-18-47)51-39-40-60-64(41-51)73-65-42-63(54-21-11-12-22-55(54)66(60)65)72(50-37-33-46(34-38-50)44(3)4)62-30-16-28-59-57-26-14-24-53(68(57)75-70(59)62)48-19-9-6-10-20-48/h5-44H,1-4H3. The number of hydrogen-bond donors (Lipinski definition) is 0. The fourth-order valence-electron chi connectivity index (χ4n) is 11.4. The normalized spacial score (nSPS) is 12.0. The van der Waals surface area contributed by atoms with Crippen LogP contribution in [0.2, 0.25) is 0 Å². The van der Waals surface area contributed by atoms with Crippen molar-refractivity contribution < 1.29 is 13.3 Å². The Hall–Kier alpha value is -9.32. The van der Waals surface area contributed by atoms with Crippen molar-refractivity contribution in [2.24, 2.45) is 0 Å². The Morgan fingerprint density at radius 1 is 0.293 bits per heavy atom. The Morgan fingerprint density at radius 2 is 0.733 bits per heavy atom. The van der Waals surface area contributed by atoms with Gasteiger partial charge in [-0.15, -0.1) is 0 Å². The third-order valence-corrected chi connectivity index (χ3v) is 15.2. The molecule has 0 aliphatic rings. The minimum absolute atomic E-state index is 0.384. The minimum Gasteiger partial charge on any atom is -0.456 e. The van der Waals surface area contributed by atoms with Crippen LogP contribution in [-0.2, 0) is 0 Å². The molecule has 5 heteroatoms. The number of nitrogens with zero attached hydrogens (tertiary/aromatic N) is 2. The SMILES string of the molecule is CC(C)c1ccc(N(c2ccc3c(c2)oc2cc(N(c4ccc(C(C)C)cc4)c4cccc5c4oc4c(-c6ccccc6)cccc45)c4ccccc4c23)c2cccc3c2oc2c(-c4ccccc4)cccc23)cc1. The van der Waals surface area contributed by atoms with Gasteiger partial charge in [-0.1, -0.05) is 198 Å². The first-order valence-electron chi connectivity index (χ1n) is 26.0. The molecule has 0 radical (unpaired) electrons. The van der Waals surface area contributed by atoms with Crippen LogP contribution < -0.4 is 9.80 Å². The van der Waals surface area contributed by atoms with Gasteiger partial charge in [0.1, 0.15) is 22.3 Å². The Balaban J connectivity index is 0.976. The van der Waals surface area contributed by atoms with E-state index in [1.165, 1.54) is 11.1 Å². The highest BCUT2D eigenvalue weighted by atomic mass is 16.3. The van der Waals surface area contributed by atoms with Gasteiger partial charge in [0.25, 0.3) is 0 Å². The third kappa shape index (κ3) is 7.29. The highest BCUT2D eigenvalue weighted by Crippen LogP contribution is 2.50. The molecule has 0 unspecified atom stereocenters. The van der Waals surface area contributed by atoms with Gasteiger partial charge in [0.2, 0.25) is 0 Å². The molecule has 0 aliphatic carbocycles. The molecular formula is C70H52N2O3. The molecule has 5 nitrogen and oxygen atoms in total. The lowest BCUT2D eigenvalue weighted by Gasteiger charge is -2.27. The molecule has 0 saturated carbocycles. The van der Waals surface area contributed by atoms with Gasteiger partial charge in [0.05, 0.1) is 22.7 Å². The molecule has 0 atom stereocenters. The number of anilines is 6. The first kappa shape index (κ1) is 44.4. The van der Waals surface area contributed by atoms with Crippen LogP contribution in [0.3, 0.4) is 0 Å². The lowest BCUT2D eigenvalue weighted by molar-refractivity contribution is 0.667.